The minimum atomic E-state index is 0.0385. The zero-order valence-corrected chi connectivity index (χ0v) is 8.29. The fourth-order valence-electron chi connectivity index (χ4n) is 1.79. The van der Waals surface area contributed by atoms with Gasteiger partial charge in [-0.15, -0.1) is 0 Å². The number of benzene rings is 1. The standard InChI is InChI=1S/C11H14N2O/c1-2-13-8-7-12-11(14)9-5-3-4-6-10(9)13/h3-6H,2,7-8H2,1H3,(H,12,14). The average molecular weight is 190 g/mol. The smallest absolute Gasteiger partial charge is 0.253 e. The molecule has 1 N–H and O–H groups in total. The third-order valence-electron chi connectivity index (χ3n) is 2.54. The van der Waals surface area contributed by atoms with Crippen LogP contribution in [0.1, 0.15) is 17.3 Å². The lowest BCUT2D eigenvalue weighted by Gasteiger charge is -2.21. The lowest BCUT2D eigenvalue weighted by Crippen LogP contribution is -2.29. The van der Waals surface area contributed by atoms with Crippen molar-refractivity contribution in [3.63, 3.8) is 0 Å². The molecule has 0 aromatic heterocycles. The molecule has 2 rings (SSSR count). The number of carbonyl (C=O) groups is 1. The van der Waals surface area contributed by atoms with Crippen LogP contribution in [-0.4, -0.2) is 25.5 Å². The Hall–Kier alpha value is -1.51. The summed E-state index contributed by atoms with van der Waals surface area (Å²) in [5.74, 6) is 0.0385. The number of nitrogens with one attached hydrogen (secondary N) is 1. The maximum atomic E-state index is 11.6. The molecule has 3 nitrogen and oxygen atoms in total. The van der Waals surface area contributed by atoms with E-state index in [-0.39, 0.29) is 5.91 Å². The zero-order chi connectivity index (χ0) is 9.97. The van der Waals surface area contributed by atoms with Crippen molar-refractivity contribution < 1.29 is 4.79 Å². The SMILES string of the molecule is CCN1CCNC(=O)c2ccccc21. The number of hydrogen-bond donors (Lipinski definition) is 1. The number of rotatable bonds is 1. The van der Waals surface area contributed by atoms with E-state index in [4.69, 9.17) is 0 Å². The molecule has 1 aromatic rings. The number of hydrogen-bond acceptors (Lipinski definition) is 2. The van der Waals surface area contributed by atoms with Gasteiger partial charge in [-0.25, -0.2) is 0 Å². The molecular weight excluding hydrogens is 176 g/mol. The molecule has 1 aromatic carbocycles. The van der Waals surface area contributed by atoms with Gasteiger partial charge >= 0.3 is 0 Å². The van der Waals surface area contributed by atoms with Crippen LogP contribution < -0.4 is 10.2 Å². The Morgan fingerprint density at radius 1 is 1.43 bits per heavy atom. The molecule has 0 saturated heterocycles. The molecule has 14 heavy (non-hydrogen) atoms. The third kappa shape index (κ3) is 1.45. The maximum Gasteiger partial charge on any atom is 0.253 e. The minimum absolute atomic E-state index is 0.0385. The third-order valence-corrected chi connectivity index (χ3v) is 2.54. The highest BCUT2D eigenvalue weighted by Crippen LogP contribution is 2.21. The van der Waals surface area contributed by atoms with Crippen LogP contribution in [0, 0.1) is 0 Å². The highest BCUT2D eigenvalue weighted by atomic mass is 16.1. The van der Waals surface area contributed by atoms with E-state index in [1.165, 1.54) is 0 Å². The first-order valence-corrected chi connectivity index (χ1v) is 4.95. The highest BCUT2D eigenvalue weighted by Gasteiger charge is 2.18. The average Bonchev–Trinajstić information content (AvgIpc) is 2.39. The van der Waals surface area contributed by atoms with Crippen LogP contribution in [0.25, 0.3) is 0 Å². The Labute approximate surface area is 83.7 Å². The van der Waals surface area contributed by atoms with E-state index < -0.39 is 0 Å². The number of para-hydroxylation sites is 1. The van der Waals surface area contributed by atoms with Crippen LogP contribution in [0.4, 0.5) is 5.69 Å². The van der Waals surface area contributed by atoms with E-state index in [0.29, 0.717) is 0 Å². The number of fused-ring (bicyclic) bond motifs is 1. The summed E-state index contributed by atoms with van der Waals surface area (Å²) in [5, 5.41) is 2.88. The second-order valence-corrected chi connectivity index (χ2v) is 3.35. The molecule has 0 fully saturated rings. The summed E-state index contributed by atoms with van der Waals surface area (Å²) in [4.78, 5) is 13.8. The van der Waals surface area contributed by atoms with Gasteiger partial charge in [0.1, 0.15) is 0 Å². The molecule has 0 radical (unpaired) electrons. The molecule has 0 bridgehead atoms. The molecule has 0 spiro atoms. The van der Waals surface area contributed by atoms with Crippen molar-refractivity contribution in [3.8, 4) is 0 Å². The number of carbonyl (C=O) groups excluding carboxylic acids is 1. The van der Waals surface area contributed by atoms with E-state index in [0.717, 1.165) is 30.9 Å². The molecule has 74 valence electrons. The summed E-state index contributed by atoms with van der Waals surface area (Å²) in [7, 11) is 0. The largest absolute Gasteiger partial charge is 0.369 e. The summed E-state index contributed by atoms with van der Waals surface area (Å²) < 4.78 is 0. The van der Waals surface area contributed by atoms with Crippen molar-refractivity contribution in [3.05, 3.63) is 29.8 Å². The van der Waals surface area contributed by atoms with Crippen molar-refractivity contribution in [2.45, 2.75) is 6.92 Å². The molecule has 1 heterocycles. The lowest BCUT2D eigenvalue weighted by molar-refractivity contribution is 0.0958. The van der Waals surface area contributed by atoms with Crippen LogP contribution in [-0.2, 0) is 0 Å². The number of nitrogens with zero attached hydrogens (tertiary/aromatic N) is 1. The second-order valence-electron chi connectivity index (χ2n) is 3.35. The highest BCUT2D eigenvalue weighted by molar-refractivity contribution is 6.00. The van der Waals surface area contributed by atoms with E-state index in [2.05, 4.69) is 17.1 Å². The van der Waals surface area contributed by atoms with Crippen LogP contribution in [0.2, 0.25) is 0 Å². The first kappa shape index (κ1) is 9.06. The van der Waals surface area contributed by atoms with Crippen LogP contribution in [0.3, 0.4) is 0 Å². The molecule has 0 atom stereocenters. The number of likely N-dealkylation sites (N-methyl/N-ethyl adjacent to an activating group) is 1. The lowest BCUT2D eigenvalue weighted by atomic mass is 10.1. The molecule has 0 saturated carbocycles. The maximum absolute atomic E-state index is 11.6. The molecule has 0 aliphatic carbocycles. The Morgan fingerprint density at radius 3 is 3.00 bits per heavy atom. The molecule has 0 unspecified atom stereocenters. The topological polar surface area (TPSA) is 32.3 Å². The Morgan fingerprint density at radius 2 is 2.21 bits per heavy atom. The molecule has 1 amide bonds. The summed E-state index contributed by atoms with van der Waals surface area (Å²) >= 11 is 0. The van der Waals surface area contributed by atoms with E-state index in [1.807, 2.05) is 24.3 Å². The molecule has 3 heteroatoms. The first-order chi connectivity index (χ1) is 6.83. The fourth-order valence-corrected chi connectivity index (χ4v) is 1.79. The Bertz CT molecular complexity index is 349. The van der Waals surface area contributed by atoms with Crippen molar-refractivity contribution in [1.82, 2.24) is 5.32 Å². The van der Waals surface area contributed by atoms with Gasteiger partial charge in [-0.1, -0.05) is 12.1 Å². The normalized spacial score (nSPS) is 15.8. The predicted molar refractivity (Wildman–Crippen MR) is 56.7 cm³/mol. The quantitative estimate of drug-likeness (QED) is 0.723. The van der Waals surface area contributed by atoms with Gasteiger partial charge in [-0.3, -0.25) is 4.79 Å². The predicted octanol–water partition coefficient (Wildman–Crippen LogP) is 1.26. The van der Waals surface area contributed by atoms with Crippen molar-refractivity contribution >= 4 is 11.6 Å². The van der Waals surface area contributed by atoms with Gasteiger partial charge in [0.05, 0.1) is 5.56 Å². The van der Waals surface area contributed by atoms with Crippen molar-refractivity contribution in [2.75, 3.05) is 24.5 Å². The van der Waals surface area contributed by atoms with E-state index in [9.17, 15) is 4.79 Å². The Balaban J connectivity index is 2.47. The van der Waals surface area contributed by atoms with Gasteiger partial charge < -0.3 is 10.2 Å². The van der Waals surface area contributed by atoms with Crippen LogP contribution >= 0.6 is 0 Å². The van der Waals surface area contributed by atoms with Crippen molar-refractivity contribution in [1.29, 1.82) is 0 Å². The number of amides is 1. The Kier molecular flexibility index (Phi) is 2.39. The fraction of sp³-hybridized carbons (Fsp3) is 0.364. The summed E-state index contributed by atoms with van der Waals surface area (Å²) in [6.07, 6.45) is 0. The van der Waals surface area contributed by atoms with Gasteiger partial charge in [-0.05, 0) is 19.1 Å². The molecule has 1 aliphatic heterocycles. The molecule has 1 aliphatic rings. The first-order valence-electron chi connectivity index (χ1n) is 4.95. The second kappa shape index (κ2) is 3.70. The van der Waals surface area contributed by atoms with Crippen molar-refractivity contribution in [2.24, 2.45) is 0 Å². The van der Waals surface area contributed by atoms with E-state index in [1.54, 1.807) is 0 Å². The summed E-state index contributed by atoms with van der Waals surface area (Å²) in [5.41, 5.74) is 1.83. The van der Waals surface area contributed by atoms with Gasteiger partial charge in [0.2, 0.25) is 0 Å². The van der Waals surface area contributed by atoms with Gasteiger partial charge in [0.25, 0.3) is 5.91 Å². The zero-order valence-electron chi connectivity index (χ0n) is 8.29. The van der Waals surface area contributed by atoms with Crippen LogP contribution in [0.15, 0.2) is 24.3 Å². The number of anilines is 1. The molecular formula is C11H14N2O. The minimum Gasteiger partial charge on any atom is -0.369 e. The van der Waals surface area contributed by atoms with Crippen LogP contribution in [0.5, 0.6) is 0 Å². The summed E-state index contributed by atoms with van der Waals surface area (Å²) in [6, 6.07) is 7.75. The van der Waals surface area contributed by atoms with Gasteiger partial charge in [0, 0.05) is 25.3 Å². The van der Waals surface area contributed by atoms with E-state index >= 15 is 0 Å². The van der Waals surface area contributed by atoms with Gasteiger partial charge in [-0.2, -0.15) is 0 Å². The summed E-state index contributed by atoms with van der Waals surface area (Å²) in [6.45, 7) is 4.65. The van der Waals surface area contributed by atoms with Gasteiger partial charge in [0.15, 0.2) is 0 Å². The monoisotopic (exact) mass is 190 g/mol.